The van der Waals surface area contributed by atoms with Crippen LogP contribution in [0.2, 0.25) is 0 Å². The Kier molecular flexibility index (Phi) is 13.2. The van der Waals surface area contributed by atoms with E-state index in [1.54, 1.807) is 0 Å². The maximum Gasteiger partial charge on any atom is 0.505 e. The predicted octanol–water partition coefficient (Wildman–Crippen LogP) is 6.37. The molecule has 0 unspecified atom stereocenters. The van der Waals surface area contributed by atoms with Crippen LogP contribution >= 0.6 is 45.2 Å². The summed E-state index contributed by atoms with van der Waals surface area (Å²) < 4.78 is 21.6. The standard InChI is InChI=1S/C19H32I2O3Si/c1-4-7-13-22-25(23-14-8-5-2,24-15-9-6-3)16-17-11-10-12-18(20)19(17)21/h10-12H,4-9,13-16H2,1-3H3. The van der Waals surface area contributed by atoms with Crippen LogP contribution < -0.4 is 0 Å². The molecule has 0 spiro atoms. The summed E-state index contributed by atoms with van der Waals surface area (Å²) >= 11 is 4.82. The number of hydrogen-bond donors (Lipinski definition) is 0. The Balaban J connectivity index is 2.98. The molecule has 0 saturated heterocycles. The molecule has 0 atom stereocenters. The van der Waals surface area contributed by atoms with Crippen molar-refractivity contribution in [3.63, 3.8) is 0 Å². The Morgan fingerprint density at radius 2 is 1.28 bits per heavy atom. The van der Waals surface area contributed by atoms with E-state index in [2.05, 4.69) is 84.2 Å². The van der Waals surface area contributed by atoms with Crippen LogP contribution in [0, 0.1) is 7.14 Å². The summed E-state index contributed by atoms with van der Waals surface area (Å²) in [4.78, 5) is 0. The third-order valence-electron chi connectivity index (χ3n) is 3.90. The predicted molar refractivity (Wildman–Crippen MR) is 124 cm³/mol. The molecule has 1 aromatic carbocycles. The lowest BCUT2D eigenvalue weighted by Gasteiger charge is -2.30. The fourth-order valence-corrected chi connectivity index (χ4v) is 6.46. The van der Waals surface area contributed by atoms with Gasteiger partial charge in [0.25, 0.3) is 0 Å². The van der Waals surface area contributed by atoms with Crippen molar-refractivity contribution in [1.29, 1.82) is 0 Å². The Morgan fingerprint density at radius 3 is 1.72 bits per heavy atom. The molecule has 0 aliphatic rings. The van der Waals surface area contributed by atoms with Gasteiger partial charge >= 0.3 is 8.80 Å². The van der Waals surface area contributed by atoms with Gasteiger partial charge in [0, 0.05) is 33.0 Å². The molecule has 3 nitrogen and oxygen atoms in total. The van der Waals surface area contributed by atoms with Gasteiger partial charge in [0.2, 0.25) is 0 Å². The molecule has 1 rings (SSSR count). The number of hydrogen-bond acceptors (Lipinski definition) is 3. The first kappa shape index (κ1) is 23.8. The SMILES string of the molecule is CCCCO[Si](Cc1cccc(I)c1I)(OCCCC)OCCCC. The van der Waals surface area contributed by atoms with Gasteiger partial charge in [0.05, 0.1) is 0 Å². The van der Waals surface area contributed by atoms with Gasteiger partial charge in [0.1, 0.15) is 0 Å². The largest absolute Gasteiger partial charge is 0.505 e. The zero-order valence-corrected chi connectivity index (χ0v) is 21.1. The first-order valence-corrected chi connectivity index (χ1v) is 13.5. The van der Waals surface area contributed by atoms with Gasteiger partial charge in [-0.3, -0.25) is 0 Å². The highest BCUT2D eigenvalue weighted by atomic mass is 127. The van der Waals surface area contributed by atoms with Crippen LogP contribution in [0.15, 0.2) is 18.2 Å². The average molecular weight is 590 g/mol. The molecule has 25 heavy (non-hydrogen) atoms. The topological polar surface area (TPSA) is 27.7 Å². The van der Waals surface area contributed by atoms with Crippen molar-refractivity contribution in [2.75, 3.05) is 19.8 Å². The zero-order valence-electron chi connectivity index (χ0n) is 15.8. The van der Waals surface area contributed by atoms with Crippen molar-refractivity contribution in [3.8, 4) is 0 Å². The molecule has 1 aromatic rings. The van der Waals surface area contributed by atoms with E-state index in [0.717, 1.165) is 64.4 Å². The van der Waals surface area contributed by atoms with Gasteiger partial charge in [-0.25, -0.2) is 0 Å². The quantitative estimate of drug-likeness (QED) is 0.143. The van der Waals surface area contributed by atoms with E-state index in [4.69, 9.17) is 13.3 Å². The molecule has 0 bridgehead atoms. The zero-order chi connectivity index (χ0) is 18.5. The Bertz CT molecular complexity index is 459. The van der Waals surface area contributed by atoms with Gasteiger partial charge < -0.3 is 13.3 Å². The summed E-state index contributed by atoms with van der Waals surface area (Å²) in [5.74, 6) is 0. The fourth-order valence-electron chi connectivity index (χ4n) is 2.31. The third kappa shape index (κ3) is 9.01. The van der Waals surface area contributed by atoms with Crippen LogP contribution in [0.4, 0.5) is 0 Å². The van der Waals surface area contributed by atoms with Gasteiger partial charge in [-0.1, -0.05) is 52.2 Å². The minimum atomic E-state index is -2.71. The van der Waals surface area contributed by atoms with E-state index in [-0.39, 0.29) is 0 Å². The number of benzene rings is 1. The van der Waals surface area contributed by atoms with Crippen LogP contribution in [0.5, 0.6) is 0 Å². The van der Waals surface area contributed by atoms with Gasteiger partial charge in [0.15, 0.2) is 0 Å². The van der Waals surface area contributed by atoms with Crippen LogP contribution in [-0.2, 0) is 19.3 Å². The summed E-state index contributed by atoms with van der Waals surface area (Å²) in [7, 11) is -2.71. The first-order chi connectivity index (χ1) is 12.1. The van der Waals surface area contributed by atoms with Crippen molar-refractivity contribution >= 4 is 54.0 Å². The Morgan fingerprint density at radius 1 is 0.800 bits per heavy atom. The minimum Gasteiger partial charge on any atom is -0.373 e. The molecule has 0 amide bonds. The molecular weight excluding hydrogens is 558 g/mol. The number of rotatable bonds is 14. The van der Waals surface area contributed by atoms with Crippen molar-refractivity contribution in [1.82, 2.24) is 0 Å². The van der Waals surface area contributed by atoms with Crippen LogP contribution in [0.3, 0.4) is 0 Å². The first-order valence-electron chi connectivity index (χ1n) is 9.43. The smallest absolute Gasteiger partial charge is 0.373 e. The van der Waals surface area contributed by atoms with E-state index < -0.39 is 8.80 Å². The van der Waals surface area contributed by atoms with E-state index in [0.29, 0.717) is 0 Å². The molecule has 0 heterocycles. The third-order valence-corrected chi connectivity index (χ3v) is 9.85. The monoisotopic (exact) mass is 590 g/mol. The van der Waals surface area contributed by atoms with Gasteiger partial charge in [-0.05, 0) is 76.1 Å². The summed E-state index contributed by atoms with van der Waals surface area (Å²) in [5, 5.41) is 0. The maximum atomic E-state index is 6.35. The summed E-state index contributed by atoms with van der Waals surface area (Å²) in [5.41, 5.74) is 1.28. The van der Waals surface area contributed by atoms with E-state index in [1.807, 2.05) is 0 Å². The molecule has 0 fully saturated rings. The van der Waals surface area contributed by atoms with Crippen molar-refractivity contribution < 1.29 is 13.3 Å². The lowest BCUT2D eigenvalue weighted by atomic mass is 10.2. The summed E-state index contributed by atoms with van der Waals surface area (Å²) in [6, 6.07) is 7.20. The lowest BCUT2D eigenvalue weighted by Crippen LogP contribution is -2.49. The van der Waals surface area contributed by atoms with E-state index in [9.17, 15) is 0 Å². The van der Waals surface area contributed by atoms with Crippen LogP contribution in [0.1, 0.15) is 64.9 Å². The van der Waals surface area contributed by atoms with Gasteiger partial charge in [-0.2, -0.15) is 0 Å². The average Bonchev–Trinajstić information content (AvgIpc) is 2.60. The minimum absolute atomic E-state index is 0.724. The molecule has 0 N–H and O–H groups in total. The molecular formula is C19H32I2O3Si. The molecule has 0 radical (unpaired) electrons. The number of unbranched alkanes of at least 4 members (excludes halogenated alkanes) is 3. The van der Waals surface area contributed by atoms with Crippen molar-refractivity contribution in [2.24, 2.45) is 0 Å². The second-order valence-corrected chi connectivity index (χ2v) is 11.0. The van der Waals surface area contributed by atoms with Crippen molar-refractivity contribution in [2.45, 2.75) is 65.3 Å². The number of halogens is 2. The second-order valence-electron chi connectivity index (χ2n) is 6.18. The molecule has 0 aliphatic heterocycles. The maximum absolute atomic E-state index is 6.35. The molecule has 6 heteroatoms. The van der Waals surface area contributed by atoms with E-state index >= 15 is 0 Å². The fraction of sp³-hybridized carbons (Fsp3) is 0.684. The summed E-state index contributed by atoms with van der Waals surface area (Å²) in [6.07, 6.45) is 6.50. The molecule has 0 aliphatic carbocycles. The normalized spacial score (nSPS) is 11.9. The lowest BCUT2D eigenvalue weighted by molar-refractivity contribution is 0.0553. The molecule has 0 aromatic heterocycles. The van der Waals surface area contributed by atoms with Crippen LogP contribution in [0.25, 0.3) is 0 Å². The second kappa shape index (κ2) is 13.9. The molecule has 144 valence electrons. The Labute approximate surface area is 182 Å². The highest BCUT2D eigenvalue weighted by Gasteiger charge is 2.42. The Hall–Kier alpha value is 0.777. The van der Waals surface area contributed by atoms with Crippen molar-refractivity contribution in [3.05, 3.63) is 30.9 Å². The highest BCUT2D eigenvalue weighted by Crippen LogP contribution is 2.25. The van der Waals surface area contributed by atoms with Gasteiger partial charge in [-0.15, -0.1) is 0 Å². The molecule has 0 saturated carbocycles. The van der Waals surface area contributed by atoms with Crippen LogP contribution in [-0.4, -0.2) is 28.6 Å². The highest BCUT2D eigenvalue weighted by molar-refractivity contribution is 14.1. The summed E-state index contributed by atoms with van der Waals surface area (Å²) in [6.45, 7) is 8.73. The van der Waals surface area contributed by atoms with E-state index in [1.165, 1.54) is 12.7 Å².